The summed E-state index contributed by atoms with van der Waals surface area (Å²) in [5.41, 5.74) is 1.55. The zero-order valence-electron chi connectivity index (χ0n) is 14.3. The van der Waals surface area contributed by atoms with Gasteiger partial charge in [0.15, 0.2) is 0 Å². The van der Waals surface area contributed by atoms with Crippen molar-refractivity contribution in [2.75, 3.05) is 13.1 Å². The number of hydrogen-bond acceptors (Lipinski definition) is 4. The van der Waals surface area contributed by atoms with Crippen molar-refractivity contribution in [3.8, 4) is 11.1 Å². The summed E-state index contributed by atoms with van der Waals surface area (Å²) >= 11 is 7.58. The zero-order valence-corrected chi connectivity index (χ0v) is 15.9. The van der Waals surface area contributed by atoms with Crippen LogP contribution in [-0.4, -0.2) is 33.9 Å². The average Bonchev–Trinajstić information content (AvgIpc) is 3.22. The number of H-pyrrole nitrogens is 1. The van der Waals surface area contributed by atoms with Crippen LogP contribution in [0.2, 0.25) is 5.02 Å². The predicted octanol–water partition coefficient (Wildman–Crippen LogP) is 3.78. The van der Waals surface area contributed by atoms with Crippen molar-refractivity contribution < 1.29 is 4.79 Å². The Kier molecular flexibility index (Phi) is 4.54. The van der Waals surface area contributed by atoms with Gasteiger partial charge in [-0.15, -0.1) is 11.3 Å². The van der Waals surface area contributed by atoms with E-state index in [1.54, 1.807) is 6.07 Å². The lowest BCUT2D eigenvalue weighted by molar-refractivity contribution is -0.129. The maximum atomic E-state index is 12.7. The summed E-state index contributed by atoms with van der Waals surface area (Å²) < 4.78 is 0. The van der Waals surface area contributed by atoms with Crippen molar-refractivity contribution in [3.63, 3.8) is 0 Å². The molecule has 3 heterocycles. The predicted molar refractivity (Wildman–Crippen MR) is 105 cm³/mol. The number of aryl methyl sites for hydroxylation is 1. The van der Waals surface area contributed by atoms with E-state index in [9.17, 15) is 9.59 Å². The number of nitrogens with zero attached hydrogens (tertiary/aromatic N) is 2. The van der Waals surface area contributed by atoms with Gasteiger partial charge in [-0.3, -0.25) is 9.59 Å². The molecule has 26 heavy (non-hydrogen) atoms. The van der Waals surface area contributed by atoms with Crippen LogP contribution in [-0.2, 0) is 11.2 Å². The first-order valence-corrected chi connectivity index (χ1v) is 9.78. The number of likely N-dealkylation sites (tertiary alicyclic amines) is 1. The van der Waals surface area contributed by atoms with Gasteiger partial charge in [-0.05, 0) is 37.5 Å². The summed E-state index contributed by atoms with van der Waals surface area (Å²) in [6.07, 6.45) is 2.22. The summed E-state index contributed by atoms with van der Waals surface area (Å²) in [7, 11) is 0. The fourth-order valence-corrected chi connectivity index (χ4v) is 4.72. The lowest BCUT2D eigenvalue weighted by atomic mass is 10.0. The van der Waals surface area contributed by atoms with E-state index in [-0.39, 0.29) is 17.9 Å². The molecule has 0 bridgehead atoms. The molecule has 0 atom stereocenters. The molecular formula is C19H18ClN3O2S. The second-order valence-corrected chi connectivity index (χ2v) is 8.14. The number of rotatable bonds is 3. The second-order valence-electron chi connectivity index (χ2n) is 6.50. The largest absolute Gasteiger partial charge is 0.342 e. The highest BCUT2D eigenvalue weighted by molar-refractivity contribution is 7.19. The monoisotopic (exact) mass is 387 g/mol. The Balaban J connectivity index is 1.75. The van der Waals surface area contributed by atoms with Crippen LogP contribution in [0, 0.1) is 6.92 Å². The molecule has 0 aliphatic carbocycles. The number of carbonyl (C=O) groups excluding carboxylic acids is 1. The van der Waals surface area contributed by atoms with Gasteiger partial charge in [-0.1, -0.05) is 23.7 Å². The second kappa shape index (κ2) is 6.85. The molecule has 4 rings (SSSR count). The van der Waals surface area contributed by atoms with E-state index in [0.717, 1.165) is 41.9 Å². The zero-order chi connectivity index (χ0) is 18.3. The van der Waals surface area contributed by atoms with Crippen LogP contribution in [0.3, 0.4) is 0 Å². The maximum Gasteiger partial charge on any atom is 0.260 e. The smallest absolute Gasteiger partial charge is 0.260 e. The third-order valence-corrected chi connectivity index (χ3v) is 5.91. The number of nitrogens with one attached hydrogen (secondary N) is 1. The summed E-state index contributed by atoms with van der Waals surface area (Å²) in [4.78, 5) is 36.0. The molecular weight excluding hydrogens is 370 g/mol. The Hall–Kier alpha value is -2.18. The molecule has 1 aliphatic heterocycles. The Morgan fingerprint density at radius 3 is 2.85 bits per heavy atom. The third-order valence-electron chi connectivity index (χ3n) is 4.68. The molecule has 7 heteroatoms. The minimum absolute atomic E-state index is 0.0216. The van der Waals surface area contributed by atoms with Crippen LogP contribution in [0.15, 0.2) is 29.1 Å². The van der Waals surface area contributed by atoms with Gasteiger partial charge in [0.25, 0.3) is 5.56 Å². The quantitative estimate of drug-likeness (QED) is 0.743. The van der Waals surface area contributed by atoms with Gasteiger partial charge in [-0.2, -0.15) is 0 Å². The number of fused-ring (bicyclic) bond motifs is 1. The van der Waals surface area contributed by atoms with E-state index < -0.39 is 0 Å². The van der Waals surface area contributed by atoms with E-state index >= 15 is 0 Å². The molecule has 0 radical (unpaired) electrons. The van der Waals surface area contributed by atoms with Gasteiger partial charge < -0.3 is 9.88 Å². The average molecular weight is 388 g/mol. The van der Waals surface area contributed by atoms with E-state index in [1.807, 2.05) is 30.0 Å². The molecule has 1 saturated heterocycles. The van der Waals surface area contributed by atoms with Crippen LogP contribution in [0.5, 0.6) is 0 Å². The van der Waals surface area contributed by atoms with E-state index in [4.69, 9.17) is 11.6 Å². The number of hydrogen-bond donors (Lipinski definition) is 1. The number of thiophene rings is 1. The number of benzene rings is 1. The van der Waals surface area contributed by atoms with E-state index in [1.165, 1.54) is 11.3 Å². The first-order chi connectivity index (χ1) is 12.5. The summed E-state index contributed by atoms with van der Waals surface area (Å²) in [6.45, 7) is 3.56. The van der Waals surface area contributed by atoms with Crippen molar-refractivity contribution in [1.82, 2.24) is 14.9 Å². The fourth-order valence-electron chi connectivity index (χ4n) is 3.46. The topological polar surface area (TPSA) is 66.1 Å². The molecule has 2 aromatic heterocycles. The molecule has 5 nitrogen and oxygen atoms in total. The lowest BCUT2D eigenvalue weighted by Crippen LogP contribution is -2.30. The molecule has 0 unspecified atom stereocenters. The summed E-state index contributed by atoms with van der Waals surface area (Å²) in [5.74, 6) is 0.451. The van der Waals surface area contributed by atoms with Crippen molar-refractivity contribution >= 4 is 39.1 Å². The third kappa shape index (κ3) is 3.15. The first kappa shape index (κ1) is 17.2. The number of aromatic amines is 1. The highest BCUT2D eigenvalue weighted by Crippen LogP contribution is 2.36. The number of aromatic nitrogens is 2. The van der Waals surface area contributed by atoms with Gasteiger partial charge in [0, 0.05) is 28.6 Å². The molecule has 134 valence electrons. The van der Waals surface area contributed by atoms with Gasteiger partial charge in [-0.25, -0.2) is 4.98 Å². The maximum absolute atomic E-state index is 12.7. The molecule has 1 fully saturated rings. The summed E-state index contributed by atoms with van der Waals surface area (Å²) in [6, 6.07) is 7.45. The van der Waals surface area contributed by atoms with Crippen molar-refractivity contribution in [2.45, 2.75) is 26.2 Å². The Labute approximate surface area is 159 Å². The molecule has 0 spiro atoms. The normalized spacial score (nSPS) is 14.3. The highest BCUT2D eigenvalue weighted by Gasteiger charge is 2.21. The Morgan fingerprint density at radius 2 is 2.12 bits per heavy atom. The molecule has 1 aromatic carbocycles. The van der Waals surface area contributed by atoms with Gasteiger partial charge in [0.05, 0.1) is 11.8 Å². The van der Waals surface area contributed by atoms with Crippen molar-refractivity contribution in [2.24, 2.45) is 0 Å². The Morgan fingerprint density at radius 1 is 1.35 bits per heavy atom. The van der Waals surface area contributed by atoms with Crippen LogP contribution >= 0.6 is 22.9 Å². The summed E-state index contributed by atoms with van der Waals surface area (Å²) in [5, 5.41) is 1.19. The van der Waals surface area contributed by atoms with Gasteiger partial charge in [0.1, 0.15) is 10.7 Å². The molecule has 3 aromatic rings. The van der Waals surface area contributed by atoms with Crippen molar-refractivity contribution in [3.05, 3.63) is 50.3 Å². The minimum Gasteiger partial charge on any atom is -0.342 e. The van der Waals surface area contributed by atoms with E-state index in [2.05, 4.69) is 9.97 Å². The van der Waals surface area contributed by atoms with Gasteiger partial charge in [0.2, 0.25) is 5.91 Å². The SMILES string of the molecule is Cc1sc2nc(CC(=O)N3CCCC3)[nH]c(=O)c2c1-c1cccc(Cl)c1. The van der Waals surface area contributed by atoms with E-state index in [0.29, 0.717) is 21.1 Å². The van der Waals surface area contributed by atoms with Crippen LogP contribution in [0.1, 0.15) is 23.5 Å². The first-order valence-electron chi connectivity index (χ1n) is 8.59. The molecule has 1 N–H and O–H groups in total. The van der Waals surface area contributed by atoms with Crippen LogP contribution in [0.25, 0.3) is 21.3 Å². The molecule has 1 amide bonds. The van der Waals surface area contributed by atoms with Crippen LogP contribution < -0.4 is 5.56 Å². The Bertz CT molecular complexity index is 1050. The number of carbonyl (C=O) groups is 1. The fraction of sp³-hybridized carbons (Fsp3) is 0.316. The highest BCUT2D eigenvalue weighted by atomic mass is 35.5. The molecule has 1 aliphatic rings. The molecule has 0 saturated carbocycles. The van der Waals surface area contributed by atoms with Crippen molar-refractivity contribution in [1.29, 1.82) is 0 Å². The standard InChI is InChI=1S/C19H18ClN3O2S/c1-11-16(12-5-4-6-13(20)9-12)17-18(25)21-14(22-19(17)26-11)10-15(24)23-7-2-3-8-23/h4-6,9H,2-3,7-8,10H2,1H3,(H,21,22,25). The number of amides is 1. The lowest BCUT2D eigenvalue weighted by Gasteiger charge is -2.14. The van der Waals surface area contributed by atoms with Crippen LogP contribution in [0.4, 0.5) is 0 Å². The number of halogens is 1. The minimum atomic E-state index is -0.210. The van der Waals surface area contributed by atoms with Gasteiger partial charge >= 0.3 is 0 Å².